The van der Waals surface area contributed by atoms with Crippen LogP contribution in [0.15, 0.2) is 18.2 Å². The smallest absolute Gasteiger partial charge is 0.222 e. The van der Waals surface area contributed by atoms with E-state index in [4.69, 9.17) is 9.47 Å². The average Bonchev–Trinajstić information content (AvgIpc) is 2.88. The van der Waals surface area contributed by atoms with E-state index in [-0.39, 0.29) is 17.7 Å². The van der Waals surface area contributed by atoms with E-state index >= 15 is 0 Å². The van der Waals surface area contributed by atoms with Gasteiger partial charge >= 0.3 is 0 Å². The molecule has 2 heterocycles. The van der Waals surface area contributed by atoms with Gasteiger partial charge in [0, 0.05) is 44.5 Å². The zero-order valence-corrected chi connectivity index (χ0v) is 15.5. The zero-order chi connectivity index (χ0) is 18.4. The topological polar surface area (TPSA) is 67.9 Å². The van der Waals surface area contributed by atoms with Crippen LogP contribution in [0, 0.1) is 5.92 Å². The molecule has 0 radical (unpaired) electrons. The maximum absolute atomic E-state index is 12.1. The third kappa shape index (κ3) is 4.90. The zero-order valence-electron chi connectivity index (χ0n) is 15.5. The van der Waals surface area contributed by atoms with Crippen LogP contribution in [0.4, 0.5) is 0 Å². The molecule has 0 unspecified atom stereocenters. The van der Waals surface area contributed by atoms with Gasteiger partial charge in [-0.15, -0.1) is 0 Å². The molecule has 1 aromatic carbocycles. The molecule has 3 rings (SSSR count). The van der Waals surface area contributed by atoms with Gasteiger partial charge in [0.25, 0.3) is 0 Å². The van der Waals surface area contributed by atoms with Crippen molar-refractivity contribution >= 4 is 11.8 Å². The number of fused-ring (bicyclic) bond motifs is 1. The summed E-state index contributed by atoms with van der Waals surface area (Å²) in [6, 6.07) is 5.86. The molecule has 1 N–H and O–H groups in total. The van der Waals surface area contributed by atoms with Crippen molar-refractivity contribution in [3.05, 3.63) is 23.8 Å². The molecule has 6 nitrogen and oxygen atoms in total. The molecule has 0 saturated carbocycles. The van der Waals surface area contributed by atoms with Crippen LogP contribution in [0.2, 0.25) is 0 Å². The molecular formula is C20H28N2O4. The number of hydrogen-bond donors (Lipinski definition) is 1. The Kier molecular flexibility index (Phi) is 6.36. The highest BCUT2D eigenvalue weighted by Crippen LogP contribution is 2.30. The molecular weight excluding hydrogens is 332 g/mol. The molecule has 0 spiro atoms. The van der Waals surface area contributed by atoms with E-state index in [1.54, 1.807) is 7.11 Å². The number of rotatable bonds is 6. The van der Waals surface area contributed by atoms with Gasteiger partial charge in [-0.2, -0.15) is 0 Å². The predicted molar refractivity (Wildman–Crippen MR) is 98.4 cm³/mol. The van der Waals surface area contributed by atoms with Crippen molar-refractivity contribution in [3.63, 3.8) is 0 Å². The van der Waals surface area contributed by atoms with Crippen molar-refractivity contribution in [1.29, 1.82) is 0 Å². The van der Waals surface area contributed by atoms with Crippen molar-refractivity contribution in [2.24, 2.45) is 5.92 Å². The summed E-state index contributed by atoms with van der Waals surface area (Å²) in [6.45, 7) is 2.49. The lowest BCUT2D eigenvalue weighted by molar-refractivity contribution is -0.131. The first-order valence-electron chi connectivity index (χ1n) is 9.50. The van der Waals surface area contributed by atoms with Gasteiger partial charge in [-0.3, -0.25) is 9.59 Å². The number of carbonyl (C=O) groups excluding carboxylic acids is 2. The third-order valence-electron chi connectivity index (χ3n) is 5.13. The summed E-state index contributed by atoms with van der Waals surface area (Å²) < 4.78 is 11.0. The average molecular weight is 360 g/mol. The minimum absolute atomic E-state index is 0.00238. The normalized spacial score (nSPS) is 20.0. The van der Waals surface area contributed by atoms with Gasteiger partial charge in [0.1, 0.15) is 11.5 Å². The number of nitrogens with one attached hydrogen (secondary N) is 1. The molecule has 1 atom stereocenters. The fourth-order valence-corrected chi connectivity index (χ4v) is 3.53. The second-order valence-corrected chi connectivity index (χ2v) is 7.10. The SMILES string of the molecule is COc1ccc2c(c1)OC[C@H](CNC(=O)CCN1CCCCCC1=O)C2. The Morgan fingerprint density at radius 2 is 2.23 bits per heavy atom. The lowest BCUT2D eigenvalue weighted by Gasteiger charge is -2.26. The van der Waals surface area contributed by atoms with Crippen LogP contribution < -0.4 is 14.8 Å². The second kappa shape index (κ2) is 8.92. The molecule has 0 bridgehead atoms. The number of hydrogen-bond acceptors (Lipinski definition) is 4. The molecule has 1 saturated heterocycles. The minimum atomic E-state index is 0.00238. The molecule has 1 fully saturated rings. The highest BCUT2D eigenvalue weighted by Gasteiger charge is 2.22. The lowest BCUT2D eigenvalue weighted by atomic mass is 9.96. The molecule has 0 aliphatic carbocycles. The van der Waals surface area contributed by atoms with Crippen molar-refractivity contribution in [2.45, 2.75) is 38.5 Å². The van der Waals surface area contributed by atoms with Gasteiger partial charge in [-0.1, -0.05) is 12.5 Å². The van der Waals surface area contributed by atoms with E-state index in [0.29, 0.717) is 32.5 Å². The second-order valence-electron chi connectivity index (χ2n) is 7.10. The number of likely N-dealkylation sites (tertiary alicyclic amines) is 1. The van der Waals surface area contributed by atoms with Crippen LogP contribution in [0.1, 0.15) is 37.7 Å². The Morgan fingerprint density at radius 1 is 1.35 bits per heavy atom. The van der Waals surface area contributed by atoms with E-state index in [9.17, 15) is 9.59 Å². The van der Waals surface area contributed by atoms with Crippen molar-refractivity contribution in [3.8, 4) is 11.5 Å². The quantitative estimate of drug-likeness (QED) is 0.844. The van der Waals surface area contributed by atoms with Crippen molar-refractivity contribution in [2.75, 3.05) is 33.4 Å². The minimum Gasteiger partial charge on any atom is -0.497 e. The van der Waals surface area contributed by atoms with Crippen LogP contribution in [0.3, 0.4) is 0 Å². The maximum Gasteiger partial charge on any atom is 0.222 e. The third-order valence-corrected chi connectivity index (χ3v) is 5.13. The molecule has 0 aromatic heterocycles. The van der Waals surface area contributed by atoms with E-state index in [0.717, 1.165) is 49.3 Å². The lowest BCUT2D eigenvalue weighted by Crippen LogP contribution is -2.38. The van der Waals surface area contributed by atoms with Gasteiger partial charge in [-0.25, -0.2) is 0 Å². The number of nitrogens with zero attached hydrogens (tertiary/aromatic N) is 1. The fraction of sp³-hybridized carbons (Fsp3) is 0.600. The maximum atomic E-state index is 12.1. The van der Waals surface area contributed by atoms with E-state index in [1.807, 2.05) is 23.1 Å². The number of methoxy groups -OCH3 is 1. The van der Waals surface area contributed by atoms with E-state index < -0.39 is 0 Å². The monoisotopic (exact) mass is 360 g/mol. The standard InChI is InChI=1S/C20H28N2O4/c1-25-17-7-6-16-11-15(14-26-18(16)12-17)13-21-19(23)8-10-22-9-4-2-3-5-20(22)24/h6-7,12,15H,2-5,8-11,13-14H2,1H3,(H,21,23)/t15-/m0/s1. The van der Waals surface area contributed by atoms with Gasteiger partial charge in [-0.05, 0) is 30.9 Å². The Labute approximate surface area is 154 Å². The summed E-state index contributed by atoms with van der Waals surface area (Å²) in [5, 5.41) is 2.99. The van der Waals surface area contributed by atoms with Gasteiger partial charge in [0.05, 0.1) is 13.7 Å². The summed E-state index contributed by atoms with van der Waals surface area (Å²) in [6.07, 6.45) is 4.97. The summed E-state index contributed by atoms with van der Waals surface area (Å²) in [5.41, 5.74) is 1.14. The first-order chi connectivity index (χ1) is 12.7. The number of amides is 2. The first kappa shape index (κ1) is 18.5. The molecule has 142 valence electrons. The summed E-state index contributed by atoms with van der Waals surface area (Å²) in [7, 11) is 1.64. The molecule has 1 aromatic rings. The van der Waals surface area contributed by atoms with E-state index in [1.165, 1.54) is 0 Å². The first-order valence-corrected chi connectivity index (χ1v) is 9.50. The van der Waals surface area contributed by atoms with Crippen LogP contribution >= 0.6 is 0 Å². The summed E-state index contributed by atoms with van der Waals surface area (Å²) in [4.78, 5) is 25.9. The largest absolute Gasteiger partial charge is 0.497 e. The number of carbonyl (C=O) groups is 2. The Morgan fingerprint density at radius 3 is 3.08 bits per heavy atom. The van der Waals surface area contributed by atoms with E-state index in [2.05, 4.69) is 5.32 Å². The highest BCUT2D eigenvalue weighted by molar-refractivity contribution is 5.79. The predicted octanol–water partition coefficient (Wildman–Crippen LogP) is 2.16. The van der Waals surface area contributed by atoms with Gasteiger partial charge in [0.2, 0.25) is 11.8 Å². The van der Waals surface area contributed by atoms with Crippen LogP contribution in [-0.4, -0.2) is 50.1 Å². The fourth-order valence-electron chi connectivity index (χ4n) is 3.53. The van der Waals surface area contributed by atoms with Crippen LogP contribution in [-0.2, 0) is 16.0 Å². The van der Waals surface area contributed by atoms with Gasteiger partial charge < -0.3 is 19.7 Å². The van der Waals surface area contributed by atoms with Crippen LogP contribution in [0.5, 0.6) is 11.5 Å². The molecule has 2 amide bonds. The molecule has 2 aliphatic rings. The van der Waals surface area contributed by atoms with Gasteiger partial charge in [0.15, 0.2) is 0 Å². The number of benzene rings is 1. The molecule has 26 heavy (non-hydrogen) atoms. The molecule has 2 aliphatic heterocycles. The summed E-state index contributed by atoms with van der Waals surface area (Å²) >= 11 is 0. The Hall–Kier alpha value is -2.24. The van der Waals surface area contributed by atoms with Crippen molar-refractivity contribution in [1.82, 2.24) is 10.2 Å². The number of ether oxygens (including phenoxy) is 2. The highest BCUT2D eigenvalue weighted by atomic mass is 16.5. The van der Waals surface area contributed by atoms with Crippen LogP contribution in [0.25, 0.3) is 0 Å². The van der Waals surface area contributed by atoms with Crippen molar-refractivity contribution < 1.29 is 19.1 Å². The molecule has 6 heteroatoms. The Bertz CT molecular complexity index is 647. The summed E-state index contributed by atoms with van der Waals surface area (Å²) in [5.74, 6) is 2.11. The Balaban J connectivity index is 1.41.